The SMILES string of the molecule is CCONC(=O)CCc1cccc(Br)c1. The van der Waals surface area contributed by atoms with Crippen LogP contribution in [0.4, 0.5) is 0 Å². The van der Waals surface area contributed by atoms with Crippen molar-refractivity contribution in [3.63, 3.8) is 0 Å². The average molecular weight is 272 g/mol. The van der Waals surface area contributed by atoms with Crippen molar-refractivity contribution in [1.82, 2.24) is 5.48 Å². The minimum Gasteiger partial charge on any atom is -0.274 e. The molecule has 0 bridgehead atoms. The average Bonchev–Trinajstić information content (AvgIpc) is 2.23. The molecule has 0 atom stereocenters. The fraction of sp³-hybridized carbons (Fsp3) is 0.364. The molecule has 0 spiro atoms. The van der Waals surface area contributed by atoms with Crippen LogP contribution in [-0.4, -0.2) is 12.5 Å². The summed E-state index contributed by atoms with van der Waals surface area (Å²) in [6, 6.07) is 7.93. The number of hydroxylamine groups is 1. The van der Waals surface area contributed by atoms with Crippen molar-refractivity contribution in [1.29, 1.82) is 0 Å². The molecule has 1 aromatic carbocycles. The standard InChI is InChI=1S/C11H14BrNO2/c1-2-15-13-11(14)7-6-9-4-3-5-10(12)8-9/h3-5,8H,2,6-7H2,1H3,(H,13,14). The Hall–Kier alpha value is -0.870. The van der Waals surface area contributed by atoms with Crippen LogP contribution in [0.2, 0.25) is 0 Å². The van der Waals surface area contributed by atoms with E-state index in [1.165, 1.54) is 0 Å². The lowest BCUT2D eigenvalue weighted by Gasteiger charge is -2.04. The van der Waals surface area contributed by atoms with Gasteiger partial charge in [-0.2, -0.15) is 0 Å². The van der Waals surface area contributed by atoms with Crippen molar-refractivity contribution >= 4 is 21.8 Å². The second-order valence-corrected chi connectivity index (χ2v) is 4.00. The second-order valence-electron chi connectivity index (χ2n) is 3.09. The Balaban J connectivity index is 2.33. The third kappa shape index (κ3) is 4.95. The summed E-state index contributed by atoms with van der Waals surface area (Å²) < 4.78 is 1.03. The third-order valence-electron chi connectivity index (χ3n) is 1.86. The largest absolute Gasteiger partial charge is 0.274 e. The highest BCUT2D eigenvalue weighted by atomic mass is 79.9. The summed E-state index contributed by atoms with van der Waals surface area (Å²) in [6.07, 6.45) is 1.16. The molecule has 82 valence electrons. The molecule has 0 aliphatic heterocycles. The van der Waals surface area contributed by atoms with Crippen molar-refractivity contribution in [3.05, 3.63) is 34.3 Å². The molecule has 1 N–H and O–H groups in total. The van der Waals surface area contributed by atoms with Crippen molar-refractivity contribution in [3.8, 4) is 0 Å². The van der Waals surface area contributed by atoms with Gasteiger partial charge in [0, 0.05) is 10.9 Å². The number of hydrogen-bond acceptors (Lipinski definition) is 2. The molecule has 1 amide bonds. The molecule has 3 nitrogen and oxygen atoms in total. The lowest BCUT2D eigenvalue weighted by molar-refractivity contribution is -0.133. The molecule has 1 aromatic rings. The van der Waals surface area contributed by atoms with Crippen LogP contribution in [0.25, 0.3) is 0 Å². The number of benzene rings is 1. The predicted molar refractivity (Wildman–Crippen MR) is 62.2 cm³/mol. The first kappa shape index (κ1) is 12.2. The molecule has 0 aliphatic rings. The maximum atomic E-state index is 11.2. The van der Waals surface area contributed by atoms with Crippen molar-refractivity contribution in [2.24, 2.45) is 0 Å². The maximum absolute atomic E-state index is 11.2. The Morgan fingerprint density at radius 1 is 1.53 bits per heavy atom. The van der Waals surface area contributed by atoms with Gasteiger partial charge >= 0.3 is 0 Å². The number of rotatable bonds is 5. The minimum atomic E-state index is -0.0863. The number of aryl methyl sites for hydroxylation is 1. The van der Waals surface area contributed by atoms with Crippen LogP contribution in [0, 0.1) is 0 Å². The van der Waals surface area contributed by atoms with E-state index in [1.54, 1.807) is 0 Å². The lowest BCUT2D eigenvalue weighted by atomic mass is 10.1. The Kier molecular flexibility index (Phi) is 5.36. The van der Waals surface area contributed by atoms with Gasteiger partial charge in [-0.05, 0) is 31.0 Å². The zero-order valence-corrected chi connectivity index (χ0v) is 10.2. The molecule has 0 saturated carbocycles. The van der Waals surface area contributed by atoms with Crippen LogP contribution < -0.4 is 5.48 Å². The Morgan fingerprint density at radius 3 is 3.00 bits per heavy atom. The van der Waals surface area contributed by atoms with E-state index < -0.39 is 0 Å². The molecule has 0 fully saturated rings. The summed E-state index contributed by atoms with van der Waals surface area (Å²) >= 11 is 3.39. The van der Waals surface area contributed by atoms with Crippen molar-refractivity contribution in [2.45, 2.75) is 19.8 Å². The second kappa shape index (κ2) is 6.58. The summed E-state index contributed by atoms with van der Waals surface area (Å²) in [7, 11) is 0. The molecule has 0 radical (unpaired) electrons. The van der Waals surface area contributed by atoms with Gasteiger partial charge in [-0.3, -0.25) is 9.63 Å². The quantitative estimate of drug-likeness (QED) is 0.836. The predicted octanol–water partition coefficient (Wildman–Crippen LogP) is 2.45. The fourth-order valence-electron chi connectivity index (χ4n) is 1.15. The van der Waals surface area contributed by atoms with E-state index >= 15 is 0 Å². The first-order chi connectivity index (χ1) is 7.22. The number of amides is 1. The zero-order valence-electron chi connectivity index (χ0n) is 8.63. The van der Waals surface area contributed by atoms with Gasteiger partial charge in [-0.15, -0.1) is 0 Å². The highest BCUT2D eigenvalue weighted by Gasteiger charge is 2.01. The summed E-state index contributed by atoms with van der Waals surface area (Å²) in [5, 5.41) is 0. The monoisotopic (exact) mass is 271 g/mol. The zero-order chi connectivity index (χ0) is 11.1. The van der Waals surface area contributed by atoms with Crippen LogP contribution >= 0.6 is 15.9 Å². The van der Waals surface area contributed by atoms with Gasteiger partial charge in [0.1, 0.15) is 0 Å². The molecule has 0 saturated heterocycles. The van der Waals surface area contributed by atoms with Gasteiger partial charge < -0.3 is 0 Å². The molecular weight excluding hydrogens is 258 g/mol. The van der Waals surface area contributed by atoms with Crippen molar-refractivity contribution in [2.75, 3.05) is 6.61 Å². The van der Waals surface area contributed by atoms with E-state index in [0.717, 1.165) is 16.5 Å². The molecule has 0 unspecified atom stereocenters. The Morgan fingerprint density at radius 2 is 2.33 bits per heavy atom. The van der Waals surface area contributed by atoms with E-state index in [1.807, 2.05) is 31.2 Å². The van der Waals surface area contributed by atoms with Gasteiger partial charge in [0.05, 0.1) is 6.61 Å². The van der Waals surface area contributed by atoms with Crippen LogP contribution in [0.3, 0.4) is 0 Å². The van der Waals surface area contributed by atoms with Gasteiger partial charge in [0.15, 0.2) is 0 Å². The minimum absolute atomic E-state index is 0.0863. The lowest BCUT2D eigenvalue weighted by Crippen LogP contribution is -2.23. The number of nitrogens with one attached hydrogen (secondary N) is 1. The number of carbonyl (C=O) groups is 1. The van der Waals surface area contributed by atoms with E-state index in [-0.39, 0.29) is 5.91 Å². The van der Waals surface area contributed by atoms with Gasteiger partial charge in [-0.25, -0.2) is 5.48 Å². The summed E-state index contributed by atoms with van der Waals surface area (Å²) in [5.41, 5.74) is 3.50. The first-order valence-electron chi connectivity index (χ1n) is 4.87. The highest BCUT2D eigenvalue weighted by Crippen LogP contribution is 2.12. The number of carbonyl (C=O) groups excluding carboxylic acids is 1. The van der Waals surface area contributed by atoms with Gasteiger partial charge in [0.2, 0.25) is 5.91 Å². The van der Waals surface area contributed by atoms with Crippen LogP contribution in [-0.2, 0) is 16.1 Å². The van der Waals surface area contributed by atoms with Crippen LogP contribution in [0.5, 0.6) is 0 Å². The molecule has 15 heavy (non-hydrogen) atoms. The summed E-state index contributed by atoms with van der Waals surface area (Å²) in [4.78, 5) is 16.0. The summed E-state index contributed by atoms with van der Waals surface area (Å²) in [6.45, 7) is 2.32. The first-order valence-corrected chi connectivity index (χ1v) is 5.66. The number of hydrogen-bond donors (Lipinski definition) is 1. The van der Waals surface area contributed by atoms with Crippen molar-refractivity contribution < 1.29 is 9.63 Å². The van der Waals surface area contributed by atoms with E-state index in [0.29, 0.717) is 13.0 Å². The van der Waals surface area contributed by atoms with Gasteiger partial charge in [0.25, 0.3) is 0 Å². The normalized spacial score (nSPS) is 10.0. The van der Waals surface area contributed by atoms with E-state index in [9.17, 15) is 4.79 Å². The van der Waals surface area contributed by atoms with Gasteiger partial charge in [-0.1, -0.05) is 28.1 Å². The molecule has 0 aliphatic carbocycles. The maximum Gasteiger partial charge on any atom is 0.243 e. The smallest absolute Gasteiger partial charge is 0.243 e. The number of halogens is 1. The highest BCUT2D eigenvalue weighted by molar-refractivity contribution is 9.10. The van der Waals surface area contributed by atoms with Crippen LogP contribution in [0.1, 0.15) is 18.9 Å². The fourth-order valence-corrected chi connectivity index (χ4v) is 1.60. The molecule has 1 rings (SSSR count). The molecule has 0 aromatic heterocycles. The third-order valence-corrected chi connectivity index (χ3v) is 2.35. The molecular formula is C11H14BrNO2. The Labute approximate surface area is 97.9 Å². The topological polar surface area (TPSA) is 38.3 Å². The Bertz CT molecular complexity index is 328. The van der Waals surface area contributed by atoms with E-state index in [4.69, 9.17) is 4.84 Å². The molecule has 0 heterocycles. The summed E-state index contributed by atoms with van der Waals surface area (Å²) in [5.74, 6) is -0.0863. The molecule has 4 heteroatoms. The van der Waals surface area contributed by atoms with E-state index in [2.05, 4.69) is 21.4 Å². The van der Waals surface area contributed by atoms with Crippen LogP contribution in [0.15, 0.2) is 28.7 Å².